The van der Waals surface area contributed by atoms with Gasteiger partial charge in [0.1, 0.15) is 0 Å². The second kappa shape index (κ2) is 7.69. The number of carbonyl (C=O) groups is 2. The quantitative estimate of drug-likeness (QED) is 0.625. The van der Waals surface area contributed by atoms with E-state index in [2.05, 4.69) is 31.9 Å². The van der Waals surface area contributed by atoms with Crippen LogP contribution < -0.4 is 10.6 Å². The molecule has 0 atom stereocenters. The minimum absolute atomic E-state index is 0.265. The third-order valence-electron chi connectivity index (χ3n) is 2.88. The van der Waals surface area contributed by atoms with Gasteiger partial charge in [-0.25, -0.2) is 14.8 Å². The summed E-state index contributed by atoms with van der Waals surface area (Å²) in [6.07, 6.45) is 4.44. The fourth-order valence-corrected chi connectivity index (χ4v) is 1.71. The van der Waals surface area contributed by atoms with Crippen molar-refractivity contribution in [1.29, 1.82) is 0 Å². The molecule has 0 radical (unpaired) electrons. The number of nitrogens with one attached hydrogen (secondary N) is 2. The topological polar surface area (TPSA) is 93.2 Å². The van der Waals surface area contributed by atoms with E-state index in [0.717, 1.165) is 0 Å². The predicted octanol–water partition coefficient (Wildman–Crippen LogP) is 1.92. The first kappa shape index (κ1) is 16.2. The number of anilines is 2. The maximum atomic E-state index is 11.7. The number of nitrogens with zero attached hydrogens (tertiary/aromatic N) is 2. The number of amides is 1. The third-order valence-corrected chi connectivity index (χ3v) is 2.88. The van der Waals surface area contributed by atoms with Crippen LogP contribution >= 0.6 is 0 Å². The molecule has 1 amide bonds. The van der Waals surface area contributed by atoms with Gasteiger partial charge < -0.3 is 15.4 Å². The van der Waals surface area contributed by atoms with Crippen LogP contribution in [0.3, 0.4) is 0 Å². The zero-order valence-corrected chi connectivity index (χ0v) is 12.6. The van der Waals surface area contributed by atoms with Crippen molar-refractivity contribution in [1.82, 2.24) is 15.3 Å². The lowest BCUT2D eigenvalue weighted by Gasteiger charge is -2.06. The zero-order chi connectivity index (χ0) is 16.7. The average molecular weight is 312 g/mol. The van der Waals surface area contributed by atoms with Gasteiger partial charge >= 0.3 is 5.97 Å². The van der Waals surface area contributed by atoms with Crippen LogP contribution in [0, 0.1) is 0 Å². The summed E-state index contributed by atoms with van der Waals surface area (Å²) in [5.41, 5.74) is 1.52. The molecule has 2 N–H and O–H groups in total. The molecule has 0 spiro atoms. The van der Waals surface area contributed by atoms with Crippen LogP contribution in [0.2, 0.25) is 0 Å². The molecule has 0 aliphatic heterocycles. The van der Waals surface area contributed by atoms with Crippen LogP contribution in [0.4, 0.5) is 11.6 Å². The molecule has 2 rings (SSSR count). The van der Waals surface area contributed by atoms with E-state index >= 15 is 0 Å². The standard InChI is InChI=1S/C16H16N4O3/c1-3-8-17-14(21)12-9-18-16(19-10-12)20-13-6-4-11(5-7-13)15(22)23-2/h3-7,9-10H,1,8H2,2H3,(H,17,21)(H,18,19,20). The summed E-state index contributed by atoms with van der Waals surface area (Å²) in [6.45, 7) is 3.91. The van der Waals surface area contributed by atoms with E-state index in [0.29, 0.717) is 29.3 Å². The number of methoxy groups -OCH3 is 1. The lowest BCUT2D eigenvalue weighted by Crippen LogP contribution is -2.23. The van der Waals surface area contributed by atoms with Gasteiger partial charge in [0.05, 0.1) is 18.2 Å². The van der Waals surface area contributed by atoms with E-state index in [1.807, 2.05) is 0 Å². The average Bonchev–Trinajstić information content (AvgIpc) is 2.60. The molecule has 1 heterocycles. The minimum atomic E-state index is -0.400. The Morgan fingerprint density at radius 3 is 2.39 bits per heavy atom. The van der Waals surface area contributed by atoms with E-state index in [4.69, 9.17) is 0 Å². The van der Waals surface area contributed by atoms with Crippen LogP contribution in [0.1, 0.15) is 20.7 Å². The van der Waals surface area contributed by atoms with Crippen LogP contribution in [0.15, 0.2) is 49.3 Å². The SMILES string of the molecule is C=CCNC(=O)c1cnc(Nc2ccc(C(=O)OC)cc2)nc1. The molecular weight excluding hydrogens is 296 g/mol. The fraction of sp³-hybridized carbons (Fsp3) is 0.125. The smallest absolute Gasteiger partial charge is 0.337 e. The highest BCUT2D eigenvalue weighted by atomic mass is 16.5. The molecular formula is C16H16N4O3. The molecule has 7 heteroatoms. The van der Waals surface area contributed by atoms with Gasteiger partial charge in [-0.3, -0.25) is 4.79 Å². The van der Waals surface area contributed by atoms with Crippen molar-refractivity contribution in [3.8, 4) is 0 Å². The molecule has 0 saturated carbocycles. The van der Waals surface area contributed by atoms with Crippen LogP contribution in [-0.2, 0) is 4.74 Å². The molecule has 118 valence electrons. The van der Waals surface area contributed by atoms with Gasteiger partial charge in [0, 0.05) is 24.6 Å². The largest absolute Gasteiger partial charge is 0.465 e. The van der Waals surface area contributed by atoms with Crippen molar-refractivity contribution in [3.05, 3.63) is 60.4 Å². The van der Waals surface area contributed by atoms with Crippen LogP contribution in [-0.4, -0.2) is 35.5 Å². The van der Waals surface area contributed by atoms with Crippen molar-refractivity contribution < 1.29 is 14.3 Å². The molecule has 0 bridgehead atoms. The number of hydrogen-bond donors (Lipinski definition) is 2. The third kappa shape index (κ3) is 4.37. The first-order chi connectivity index (χ1) is 11.1. The number of ether oxygens (including phenoxy) is 1. The van der Waals surface area contributed by atoms with Crippen molar-refractivity contribution in [2.45, 2.75) is 0 Å². The summed E-state index contributed by atoms with van der Waals surface area (Å²) >= 11 is 0. The van der Waals surface area contributed by atoms with Crippen molar-refractivity contribution in [3.63, 3.8) is 0 Å². The Morgan fingerprint density at radius 2 is 1.83 bits per heavy atom. The normalized spacial score (nSPS) is 9.78. The second-order valence-corrected chi connectivity index (χ2v) is 4.49. The first-order valence-electron chi connectivity index (χ1n) is 6.80. The van der Waals surface area contributed by atoms with Gasteiger partial charge in [-0.2, -0.15) is 0 Å². The van der Waals surface area contributed by atoms with Crippen molar-refractivity contribution in [2.75, 3.05) is 19.0 Å². The number of esters is 1. The zero-order valence-electron chi connectivity index (χ0n) is 12.6. The first-order valence-corrected chi connectivity index (χ1v) is 6.80. The Labute approximate surface area is 133 Å². The van der Waals surface area contributed by atoms with Crippen LogP contribution in [0.5, 0.6) is 0 Å². The van der Waals surface area contributed by atoms with Gasteiger partial charge in [0.25, 0.3) is 5.91 Å². The molecule has 2 aromatic rings. The fourth-order valence-electron chi connectivity index (χ4n) is 1.71. The van der Waals surface area contributed by atoms with Gasteiger partial charge in [0.2, 0.25) is 5.95 Å². The van der Waals surface area contributed by atoms with Crippen molar-refractivity contribution in [2.24, 2.45) is 0 Å². The van der Waals surface area contributed by atoms with E-state index in [9.17, 15) is 9.59 Å². The number of benzene rings is 1. The highest BCUT2D eigenvalue weighted by Crippen LogP contribution is 2.14. The minimum Gasteiger partial charge on any atom is -0.465 e. The second-order valence-electron chi connectivity index (χ2n) is 4.49. The molecule has 0 saturated heterocycles. The number of aromatic nitrogens is 2. The summed E-state index contributed by atoms with van der Waals surface area (Å²) in [5, 5.41) is 5.61. The summed E-state index contributed by atoms with van der Waals surface area (Å²) in [6, 6.07) is 6.68. The molecule has 1 aromatic heterocycles. The summed E-state index contributed by atoms with van der Waals surface area (Å²) in [4.78, 5) is 31.2. The summed E-state index contributed by atoms with van der Waals surface area (Å²) < 4.78 is 4.63. The Morgan fingerprint density at radius 1 is 1.17 bits per heavy atom. The highest BCUT2D eigenvalue weighted by molar-refractivity contribution is 5.93. The Hall–Kier alpha value is -3.22. The van der Waals surface area contributed by atoms with E-state index in [1.54, 1.807) is 30.3 Å². The lowest BCUT2D eigenvalue weighted by molar-refractivity contribution is 0.0600. The maximum absolute atomic E-state index is 11.7. The molecule has 0 fully saturated rings. The maximum Gasteiger partial charge on any atom is 0.337 e. The highest BCUT2D eigenvalue weighted by Gasteiger charge is 2.07. The lowest BCUT2D eigenvalue weighted by atomic mass is 10.2. The molecule has 7 nitrogen and oxygen atoms in total. The Bertz CT molecular complexity index is 696. The summed E-state index contributed by atoms with van der Waals surface area (Å²) in [5.74, 6) is -0.322. The Kier molecular flexibility index (Phi) is 5.40. The predicted molar refractivity (Wildman–Crippen MR) is 85.6 cm³/mol. The number of carbonyl (C=O) groups excluding carboxylic acids is 2. The number of hydrogen-bond acceptors (Lipinski definition) is 6. The van der Waals surface area contributed by atoms with E-state index < -0.39 is 5.97 Å². The molecule has 1 aromatic carbocycles. The molecule has 0 aliphatic rings. The van der Waals surface area contributed by atoms with Crippen molar-refractivity contribution >= 4 is 23.5 Å². The van der Waals surface area contributed by atoms with Gasteiger partial charge in [0.15, 0.2) is 0 Å². The van der Waals surface area contributed by atoms with Gasteiger partial charge in [-0.1, -0.05) is 6.08 Å². The van der Waals surface area contributed by atoms with Crippen LogP contribution in [0.25, 0.3) is 0 Å². The van der Waals surface area contributed by atoms with Gasteiger partial charge in [-0.05, 0) is 24.3 Å². The molecule has 23 heavy (non-hydrogen) atoms. The van der Waals surface area contributed by atoms with E-state index in [1.165, 1.54) is 19.5 Å². The van der Waals surface area contributed by atoms with Gasteiger partial charge in [-0.15, -0.1) is 6.58 Å². The molecule has 0 unspecified atom stereocenters. The summed E-state index contributed by atoms with van der Waals surface area (Å²) in [7, 11) is 1.33. The van der Waals surface area contributed by atoms with E-state index in [-0.39, 0.29) is 5.91 Å². The Balaban J connectivity index is 2.02. The molecule has 0 aliphatic carbocycles. The monoisotopic (exact) mass is 312 g/mol. The number of rotatable bonds is 6.